The molecule has 1 aromatic heterocycles. The van der Waals surface area contributed by atoms with E-state index in [-0.39, 0.29) is 21.9 Å². The van der Waals surface area contributed by atoms with Crippen LogP contribution in [0.4, 0.5) is 11.5 Å². The van der Waals surface area contributed by atoms with Crippen LogP contribution in [0, 0.1) is 0 Å². The first-order chi connectivity index (χ1) is 14.9. The molecule has 2 aliphatic rings. The number of hydrogen-bond acceptors (Lipinski definition) is 7. The van der Waals surface area contributed by atoms with Crippen LogP contribution in [0.5, 0.6) is 11.5 Å². The summed E-state index contributed by atoms with van der Waals surface area (Å²) in [5, 5.41) is 7.37. The van der Waals surface area contributed by atoms with E-state index in [1.54, 1.807) is 25.3 Å². The van der Waals surface area contributed by atoms with E-state index in [1.165, 1.54) is 18.7 Å². The lowest BCUT2D eigenvalue weighted by Crippen LogP contribution is -2.21. The molecule has 0 saturated heterocycles. The van der Waals surface area contributed by atoms with E-state index < -0.39 is 10.0 Å². The second-order valence-corrected chi connectivity index (χ2v) is 9.55. The summed E-state index contributed by atoms with van der Waals surface area (Å²) >= 11 is 0. The van der Waals surface area contributed by atoms with Crippen LogP contribution in [-0.2, 0) is 21.9 Å². The van der Waals surface area contributed by atoms with Gasteiger partial charge in [0.1, 0.15) is 16.4 Å². The largest absolute Gasteiger partial charge is 0.497 e. The molecule has 5 rings (SSSR count). The van der Waals surface area contributed by atoms with Gasteiger partial charge in [-0.05, 0) is 43.0 Å². The second-order valence-electron chi connectivity index (χ2n) is 7.90. The number of para-hydroxylation sites is 1. The summed E-state index contributed by atoms with van der Waals surface area (Å²) in [6.07, 6.45) is 2.69. The van der Waals surface area contributed by atoms with Gasteiger partial charge in [0.15, 0.2) is 11.6 Å². The van der Waals surface area contributed by atoms with Crippen LogP contribution < -0.4 is 19.5 Å². The third-order valence-electron chi connectivity index (χ3n) is 6.14. The Labute approximate surface area is 180 Å². The van der Waals surface area contributed by atoms with Crippen molar-refractivity contribution in [3.8, 4) is 22.8 Å². The molecule has 1 heterocycles. The highest BCUT2D eigenvalue weighted by Gasteiger charge is 2.52. The number of hydrogen-bond donors (Lipinski definition) is 2. The van der Waals surface area contributed by atoms with Gasteiger partial charge in [-0.2, -0.15) is 0 Å². The maximum atomic E-state index is 13.1. The average Bonchev–Trinajstić information content (AvgIpc) is 3.45. The lowest BCUT2D eigenvalue weighted by Gasteiger charge is -2.27. The molecule has 1 spiro atoms. The van der Waals surface area contributed by atoms with Gasteiger partial charge < -0.3 is 19.3 Å². The fourth-order valence-corrected chi connectivity index (χ4v) is 5.67. The zero-order chi connectivity index (χ0) is 21.8. The fraction of sp³-hybridized carbons (Fsp3) is 0.318. The maximum absolute atomic E-state index is 13.1. The second kappa shape index (κ2) is 6.91. The summed E-state index contributed by atoms with van der Waals surface area (Å²) in [5.41, 5.74) is 3.77. The zero-order valence-electron chi connectivity index (χ0n) is 17.5. The van der Waals surface area contributed by atoms with Crippen LogP contribution in [0.3, 0.4) is 0 Å². The predicted octanol–water partition coefficient (Wildman–Crippen LogP) is 3.79. The third-order valence-corrected chi connectivity index (χ3v) is 7.52. The van der Waals surface area contributed by atoms with E-state index >= 15 is 0 Å². The summed E-state index contributed by atoms with van der Waals surface area (Å²) in [6.45, 7) is 0. The highest BCUT2D eigenvalue weighted by Crippen LogP contribution is 2.61. The van der Waals surface area contributed by atoms with Crippen molar-refractivity contribution in [2.75, 3.05) is 31.3 Å². The maximum Gasteiger partial charge on any atom is 0.266 e. The molecule has 31 heavy (non-hydrogen) atoms. The Balaban J connectivity index is 1.61. The summed E-state index contributed by atoms with van der Waals surface area (Å²) in [5.74, 6) is 1.74. The Bertz CT molecular complexity index is 1280. The van der Waals surface area contributed by atoms with Crippen molar-refractivity contribution in [2.45, 2.75) is 29.6 Å². The lowest BCUT2D eigenvalue weighted by molar-refractivity contribution is 0.403. The number of rotatable bonds is 6. The minimum Gasteiger partial charge on any atom is -0.497 e. The molecule has 0 atom stereocenters. The van der Waals surface area contributed by atoms with Crippen LogP contribution >= 0.6 is 0 Å². The standard InChI is InChI=1S/C22H23N3O5S/c1-23-16-11-13(28-2)10-14-19(16)22(8-9-22)12-15-20(14)30-24-21(15)25-31(26,27)18-7-5-4-6-17(18)29-3/h4-7,10-11,23H,8-9,12H2,1-3H3,(H,24,25). The third kappa shape index (κ3) is 3.03. The number of benzene rings is 2. The van der Waals surface area contributed by atoms with E-state index in [9.17, 15) is 8.42 Å². The van der Waals surface area contributed by atoms with Crippen LogP contribution in [0.2, 0.25) is 0 Å². The van der Waals surface area contributed by atoms with Crippen molar-refractivity contribution in [1.82, 2.24) is 5.16 Å². The van der Waals surface area contributed by atoms with E-state index in [0.29, 0.717) is 17.9 Å². The van der Waals surface area contributed by atoms with Gasteiger partial charge >= 0.3 is 0 Å². The molecule has 8 nitrogen and oxygen atoms in total. The van der Waals surface area contributed by atoms with E-state index in [1.807, 2.05) is 19.2 Å². The average molecular weight is 442 g/mol. The lowest BCUT2D eigenvalue weighted by atomic mass is 9.78. The van der Waals surface area contributed by atoms with Crippen LogP contribution in [0.15, 0.2) is 45.8 Å². The molecule has 0 amide bonds. The number of methoxy groups -OCH3 is 2. The highest BCUT2D eigenvalue weighted by molar-refractivity contribution is 7.92. The molecule has 0 radical (unpaired) electrons. The van der Waals surface area contributed by atoms with Gasteiger partial charge in [-0.1, -0.05) is 17.3 Å². The van der Waals surface area contributed by atoms with Crippen molar-refractivity contribution in [1.29, 1.82) is 0 Å². The Kier molecular flexibility index (Phi) is 4.40. The Morgan fingerprint density at radius 2 is 1.90 bits per heavy atom. The molecule has 1 fully saturated rings. The number of aromatic nitrogens is 1. The summed E-state index contributed by atoms with van der Waals surface area (Å²) in [6, 6.07) is 10.4. The molecule has 0 bridgehead atoms. The Hall–Kier alpha value is -3.20. The monoisotopic (exact) mass is 441 g/mol. The first kappa shape index (κ1) is 19.7. The van der Waals surface area contributed by atoms with Gasteiger partial charge in [0.2, 0.25) is 0 Å². The van der Waals surface area contributed by atoms with Crippen molar-refractivity contribution >= 4 is 21.5 Å². The minimum atomic E-state index is -3.91. The quantitative estimate of drug-likeness (QED) is 0.600. The van der Waals surface area contributed by atoms with Crippen LogP contribution in [-0.4, -0.2) is 34.8 Å². The molecule has 0 aliphatic heterocycles. The molecular formula is C22H23N3O5S. The van der Waals surface area contributed by atoms with Crippen LogP contribution in [0.1, 0.15) is 24.0 Å². The van der Waals surface area contributed by atoms with Crippen molar-refractivity contribution in [3.05, 3.63) is 47.5 Å². The number of nitrogens with one attached hydrogen (secondary N) is 2. The molecule has 9 heteroatoms. The smallest absolute Gasteiger partial charge is 0.266 e. The van der Waals surface area contributed by atoms with E-state index in [2.05, 4.69) is 15.2 Å². The number of nitrogens with zero attached hydrogens (tertiary/aromatic N) is 1. The van der Waals surface area contributed by atoms with Gasteiger partial charge in [-0.25, -0.2) is 8.42 Å². The molecular weight excluding hydrogens is 418 g/mol. The normalized spacial score (nSPS) is 15.7. The molecule has 2 aliphatic carbocycles. The predicted molar refractivity (Wildman–Crippen MR) is 116 cm³/mol. The number of fused-ring (bicyclic) bond motifs is 4. The molecule has 2 N–H and O–H groups in total. The highest BCUT2D eigenvalue weighted by atomic mass is 32.2. The topological polar surface area (TPSA) is 103 Å². The zero-order valence-corrected chi connectivity index (χ0v) is 18.3. The fourth-order valence-electron chi connectivity index (χ4n) is 4.47. The molecule has 2 aromatic carbocycles. The van der Waals surface area contributed by atoms with Crippen LogP contribution in [0.25, 0.3) is 11.3 Å². The van der Waals surface area contributed by atoms with E-state index in [0.717, 1.165) is 29.7 Å². The summed E-state index contributed by atoms with van der Waals surface area (Å²) in [4.78, 5) is 0.0470. The van der Waals surface area contributed by atoms with Gasteiger partial charge in [-0.3, -0.25) is 4.72 Å². The molecule has 3 aromatic rings. The first-order valence-electron chi connectivity index (χ1n) is 9.97. The Morgan fingerprint density at radius 3 is 2.58 bits per heavy atom. The number of anilines is 2. The first-order valence-corrected chi connectivity index (χ1v) is 11.5. The molecule has 1 saturated carbocycles. The van der Waals surface area contributed by atoms with Gasteiger partial charge in [0.05, 0.1) is 14.2 Å². The van der Waals surface area contributed by atoms with Crippen molar-refractivity contribution in [3.63, 3.8) is 0 Å². The number of sulfonamides is 1. The van der Waals surface area contributed by atoms with Gasteiger partial charge in [0.25, 0.3) is 10.0 Å². The summed E-state index contributed by atoms with van der Waals surface area (Å²) in [7, 11) is 1.02. The number of ether oxygens (including phenoxy) is 2. The minimum absolute atomic E-state index is 0.0470. The SMILES string of the molecule is CNc1cc(OC)cc2c1C1(CC1)Cc1c(NS(=O)(=O)c3ccccc3OC)noc1-2. The van der Waals surface area contributed by atoms with Gasteiger partial charge in [0, 0.05) is 35.3 Å². The van der Waals surface area contributed by atoms with Crippen molar-refractivity contribution in [2.24, 2.45) is 0 Å². The Morgan fingerprint density at radius 1 is 1.13 bits per heavy atom. The van der Waals surface area contributed by atoms with Crippen molar-refractivity contribution < 1.29 is 22.4 Å². The van der Waals surface area contributed by atoms with Gasteiger partial charge in [-0.15, -0.1) is 0 Å². The van der Waals surface area contributed by atoms with E-state index in [4.69, 9.17) is 14.0 Å². The molecule has 0 unspecified atom stereocenters. The molecule has 162 valence electrons. The summed E-state index contributed by atoms with van der Waals surface area (Å²) < 4.78 is 45.2.